The Balaban J connectivity index is 1.37. The molecule has 3 amide bonds. The molecule has 1 aromatic heterocycles. The van der Waals surface area contributed by atoms with E-state index in [1.165, 1.54) is 0 Å². The van der Waals surface area contributed by atoms with Crippen LogP contribution in [0.1, 0.15) is 25.7 Å². The molecule has 4 rings (SSSR count). The summed E-state index contributed by atoms with van der Waals surface area (Å²) in [5, 5.41) is 7.04. The zero-order valence-corrected chi connectivity index (χ0v) is 14.3. The topological polar surface area (TPSA) is 80.6 Å². The number of imide groups is 1. The first-order chi connectivity index (χ1) is 12.7. The number of hydrogen-bond donors (Lipinski definition) is 2. The first-order valence-electron chi connectivity index (χ1n) is 8.83. The van der Waals surface area contributed by atoms with E-state index in [1.54, 1.807) is 6.07 Å². The Morgan fingerprint density at radius 3 is 2.65 bits per heavy atom. The number of urea groups is 1. The van der Waals surface area contributed by atoms with Crippen molar-refractivity contribution in [1.82, 2.24) is 10.6 Å². The van der Waals surface area contributed by atoms with E-state index in [2.05, 4.69) is 10.6 Å². The molecule has 6 heteroatoms. The minimum atomic E-state index is -0.474. The van der Waals surface area contributed by atoms with Crippen LogP contribution in [-0.4, -0.2) is 24.6 Å². The largest absolute Gasteiger partial charge is 0.484 e. The maximum Gasteiger partial charge on any atom is 0.321 e. The summed E-state index contributed by atoms with van der Waals surface area (Å²) in [6.45, 7) is -0.223. The molecular weight excluding hydrogens is 332 g/mol. The van der Waals surface area contributed by atoms with E-state index in [1.807, 2.05) is 36.4 Å². The molecule has 0 aliphatic heterocycles. The Kier molecular flexibility index (Phi) is 4.48. The second kappa shape index (κ2) is 7.07. The van der Waals surface area contributed by atoms with Crippen molar-refractivity contribution in [1.29, 1.82) is 0 Å². The summed E-state index contributed by atoms with van der Waals surface area (Å²) in [7, 11) is 0. The zero-order valence-electron chi connectivity index (χ0n) is 14.3. The van der Waals surface area contributed by atoms with Gasteiger partial charge in [-0.2, -0.15) is 0 Å². The smallest absolute Gasteiger partial charge is 0.321 e. The Morgan fingerprint density at radius 2 is 1.81 bits per heavy atom. The average Bonchev–Trinajstić information content (AvgIpc) is 3.27. The lowest BCUT2D eigenvalue weighted by Crippen LogP contribution is -2.45. The monoisotopic (exact) mass is 352 g/mol. The summed E-state index contributed by atoms with van der Waals surface area (Å²) >= 11 is 0. The van der Waals surface area contributed by atoms with E-state index in [4.69, 9.17) is 9.15 Å². The van der Waals surface area contributed by atoms with Crippen molar-refractivity contribution in [3.05, 3.63) is 42.5 Å². The fourth-order valence-electron chi connectivity index (χ4n) is 3.40. The van der Waals surface area contributed by atoms with Gasteiger partial charge in [0, 0.05) is 16.8 Å². The lowest BCUT2D eigenvalue weighted by Gasteiger charge is -2.12. The molecular formula is C20H20N2O4. The van der Waals surface area contributed by atoms with Gasteiger partial charge < -0.3 is 14.5 Å². The first-order valence-corrected chi connectivity index (χ1v) is 8.83. The number of nitrogens with one attached hydrogen (secondary N) is 2. The number of carbonyl (C=O) groups excluding carboxylic acids is 2. The molecule has 0 unspecified atom stereocenters. The van der Waals surface area contributed by atoms with Gasteiger partial charge in [-0.1, -0.05) is 31.0 Å². The molecule has 6 nitrogen and oxygen atoms in total. The summed E-state index contributed by atoms with van der Waals surface area (Å²) < 4.78 is 11.3. The molecule has 1 aliphatic carbocycles. The summed E-state index contributed by atoms with van der Waals surface area (Å²) in [6, 6.07) is 12.9. The van der Waals surface area contributed by atoms with Crippen molar-refractivity contribution in [2.75, 3.05) is 6.61 Å². The molecule has 2 N–H and O–H groups in total. The fraction of sp³-hybridized carbons (Fsp3) is 0.300. The fourth-order valence-corrected chi connectivity index (χ4v) is 3.40. The van der Waals surface area contributed by atoms with Crippen LogP contribution in [0.3, 0.4) is 0 Å². The molecule has 0 saturated heterocycles. The Hall–Kier alpha value is -3.02. The SMILES string of the molecule is O=C(COc1ccc2oc3ccccc3c2c1)NC(=O)NC1CCCC1. The van der Waals surface area contributed by atoms with Crippen LogP contribution < -0.4 is 15.4 Å². The third-order valence-electron chi connectivity index (χ3n) is 4.66. The van der Waals surface area contributed by atoms with Gasteiger partial charge in [0.05, 0.1) is 0 Å². The summed E-state index contributed by atoms with van der Waals surface area (Å²) in [4.78, 5) is 23.7. The van der Waals surface area contributed by atoms with Gasteiger partial charge in [-0.25, -0.2) is 4.79 Å². The molecule has 0 radical (unpaired) electrons. The predicted molar refractivity (Wildman–Crippen MR) is 98.1 cm³/mol. The number of benzene rings is 2. The van der Waals surface area contributed by atoms with Gasteiger partial charge in [-0.15, -0.1) is 0 Å². The van der Waals surface area contributed by atoms with E-state index in [9.17, 15) is 9.59 Å². The van der Waals surface area contributed by atoms with Crippen molar-refractivity contribution in [2.45, 2.75) is 31.7 Å². The highest BCUT2D eigenvalue weighted by molar-refractivity contribution is 6.05. The third-order valence-corrected chi connectivity index (χ3v) is 4.66. The molecule has 3 aromatic rings. The third kappa shape index (κ3) is 3.49. The first kappa shape index (κ1) is 16.4. The quantitative estimate of drug-likeness (QED) is 0.750. The van der Waals surface area contributed by atoms with Gasteiger partial charge in [0.25, 0.3) is 5.91 Å². The summed E-state index contributed by atoms with van der Waals surface area (Å²) in [5.41, 5.74) is 1.57. The number of ether oxygens (including phenoxy) is 1. The second-order valence-corrected chi connectivity index (χ2v) is 6.55. The van der Waals surface area contributed by atoms with Crippen LogP contribution in [0.25, 0.3) is 21.9 Å². The second-order valence-electron chi connectivity index (χ2n) is 6.55. The van der Waals surface area contributed by atoms with Crippen molar-refractivity contribution < 1.29 is 18.7 Å². The van der Waals surface area contributed by atoms with Gasteiger partial charge in [-0.3, -0.25) is 10.1 Å². The van der Waals surface area contributed by atoms with E-state index < -0.39 is 11.9 Å². The number of amides is 3. The van der Waals surface area contributed by atoms with Crippen LogP contribution in [0.4, 0.5) is 4.79 Å². The van der Waals surface area contributed by atoms with Crippen LogP contribution in [0.2, 0.25) is 0 Å². The van der Waals surface area contributed by atoms with E-state index in [0.29, 0.717) is 5.75 Å². The number of furan rings is 1. The Morgan fingerprint density at radius 1 is 1.04 bits per heavy atom. The zero-order chi connectivity index (χ0) is 17.9. The molecule has 0 spiro atoms. The van der Waals surface area contributed by atoms with Crippen molar-refractivity contribution in [3.8, 4) is 5.75 Å². The van der Waals surface area contributed by atoms with Gasteiger partial charge in [-0.05, 0) is 37.1 Å². The number of rotatable bonds is 4. The minimum Gasteiger partial charge on any atom is -0.484 e. The molecule has 2 aromatic carbocycles. The van der Waals surface area contributed by atoms with Crippen molar-refractivity contribution in [3.63, 3.8) is 0 Å². The van der Waals surface area contributed by atoms with E-state index >= 15 is 0 Å². The van der Waals surface area contributed by atoms with Crippen LogP contribution >= 0.6 is 0 Å². The molecule has 1 saturated carbocycles. The lowest BCUT2D eigenvalue weighted by atomic mass is 10.1. The average molecular weight is 352 g/mol. The lowest BCUT2D eigenvalue weighted by molar-refractivity contribution is -0.122. The molecule has 1 fully saturated rings. The van der Waals surface area contributed by atoms with Crippen molar-refractivity contribution in [2.24, 2.45) is 0 Å². The number of hydrogen-bond acceptors (Lipinski definition) is 4. The maximum absolute atomic E-state index is 11.9. The molecule has 0 atom stereocenters. The minimum absolute atomic E-state index is 0.167. The van der Waals surface area contributed by atoms with Crippen molar-refractivity contribution >= 4 is 33.9 Å². The van der Waals surface area contributed by atoms with Crippen LogP contribution in [0.5, 0.6) is 5.75 Å². The summed E-state index contributed by atoms with van der Waals surface area (Å²) in [5.74, 6) is 0.0769. The van der Waals surface area contributed by atoms with Crippen LogP contribution in [0, 0.1) is 0 Å². The number of fused-ring (bicyclic) bond motifs is 3. The highest BCUT2D eigenvalue weighted by Gasteiger charge is 2.18. The van der Waals surface area contributed by atoms with Crippen LogP contribution in [-0.2, 0) is 4.79 Å². The number of carbonyl (C=O) groups is 2. The van der Waals surface area contributed by atoms with Gasteiger partial charge in [0.1, 0.15) is 16.9 Å². The Bertz CT molecular complexity index is 957. The Labute approximate surface area is 150 Å². The van der Waals surface area contributed by atoms with E-state index in [-0.39, 0.29) is 12.6 Å². The van der Waals surface area contributed by atoms with Crippen LogP contribution in [0.15, 0.2) is 46.9 Å². The summed E-state index contributed by atoms with van der Waals surface area (Å²) in [6.07, 6.45) is 4.17. The van der Waals surface area contributed by atoms with E-state index in [0.717, 1.165) is 47.6 Å². The normalized spacial score (nSPS) is 14.6. The van der Waals surface area contributed by atoms with Gasteiger partial charge in [0.2, 0.25) is 0 Å². The molecule has 134 valence electrons. The highest BCUT2D eigenvalue weighted by Crippen LogP contribution is 2.31. The highest BCUT2D eigenvalue weighted by atomic mass is 16.5. The molecule has 0 bridgehead atoms. The number of para-hydroxylation sites is 1. The maximum atomic E-state index is 11.9. The molecule has 1 aliphatic rings. The predicted octanol–water partition coefficient (Wildman–Crippen LogP) is 3.73. The molecule has 26 heavy (non-hydrogen) atoms. The van der Waals surface area contributed by atoms with Gasteiger partial charge >= 0.3 is 6.03 Å². The molecule has 1 heterocycles. The standard InChI is InChI=1S/C20H20N2O4/c23-19(22-20(24)21-13-5-1-2-6-13)12-25-14-9-10-18-16(11-14)15-7-3-4-8-17(15)26-18/h3-4,7-11,13H,1-2,5-6,12H2,(H2,21,22,23,24). The van der Waals surface area contributed by atoms with Gasteiger partial charge in [0.15, 0.2) is 6.61 Å².